The minimum atomic E-state index is -1.59. The fourth-order valence-electron chi connectivity index (χ4n) is 5.52. The minimum Gasteiger partial charge on any atom is -0.324 e. The van der Waals surface area contributed by atoms with Crippen LogP contribution in [0.15, 0.2) is 83.8 Å². The predicted molar refractivity (Wildman–Crippen MR) is 130 cm³/mol. The highest BCUT2D eigenvalue weighted by Crippen LogP contribution is 2.56. The van der Waals surface area contributed by atoms with E-state index in [9.17, 15) is 19.2 Å². The second kappa shape index (κ2) is 7.69. The summed E-state index contributed by atoms with van der Waals surface area (Å²) in [6.45, 7) is 0. The van der Waals surface area contributed by atoms with Crippen molar-refractivity contribution >= 4 is 40.5 Å². The summed E-state index contributed by atoms with van der Waals surface area (Å²) in [6.07, 6.45) is 4.90. The average Bonchev–Trinajstić information content (AvgIpc) is 3.48. The van der Waals surface area contributed by atoms with E-state index < -0.39 is 17.1 Å². The van der Waals surface area contributed by atoms with E-state index in [4.69, 9.17) is 11.6 Å². The Morgan fingerprint density at radius 1 is 1.06 bits per heavy atom. The lowest BCUT2D eigenvalue weighted by atomic mass is 9.63. The lowest BCUT2D eigenvalue weighted by Gasteiger charge is -2.44. The molecule has 0 radical (unpaired) electrons. The number of carbonyl (C=O) groups excluding carboxylic acids is 2. The lowest BCUT2D eigenvalue weighted by molar-refractivity contribution is -0.122. The van der Waals surface area contributed by atoms with Crippen LogP contribution in [0.3, 0.4) is 0 Å². The molecule has 1 spiro atoms. The highest BCUT2D eigenvalue weighted by molar-refractivity contribution is 6.31. The SMILES string of the molecule is N#CC1=C(n2cccc2)N(c2ccc(F)c(Cl)c2)C2=C(C(=O)CCC2)C12C(=O)Nc1ccccc12. The molecule has 3 aliphatic rings. The summed E-state index contributed by atoms with van der Waals surface area (Å²) >= 11 is 6.15. The normalized spacial score (nSPS) is 21.2. The van der Waals surface area contributed by atoms with Crippen LogP contribution < -0.4 is 10.2 Å². The molecular formula is C27H18ClFN4O2. The fraction of sp³-hybridized carbons (Fsp3) is 0.148. The number of anilines is 2. The minimum absolute atomic E-state index is 0.0820. The van der Waals surface area contributed by atoms with E-state index in [1.165, 1.54) is 12.1 Å². The number of aromatic nitrogens is 1. The Balaban J connectivity index is 1.78. The van der Waals surface area contributed by atoms with Crippen LogP contribution in [0, 0.1) is 17.1 Å². The van der Waals surface area contributed by atoms with Gasteiger partial charge in [0.2, 0.25) is 5.91 Å². The first kappa shape index (κ1) is 21.4. The molecule has 1 unspecified atom stereocenters. The molecule has 35 heavy (non-hydrogen) atoms. The van der Waals surface area contributed by atoms with Crippen molar-refractivity contribution in [2.45, 2.75) is 24.7 Å². The molecule has 1 atom stereocenters. The standard InChI is InChI=1S/C27H18ClFN4O2/c28-19-14-16(10-11-20(19)29)33-22-8-5-9-23(34)24(22)27(17-6-1-2-7-21(17)31-26(27)35)18(15-30)25(33)32-12-3-4-13-32/h1-4,6-7,10-14H,5,8-9H2,(H,31,35). The van der Waals surface area contributed by atoms with Gasteiger partial charge < -0.3 is 9.88 Å². The van der Waals surface area contributed by atoms with Crippen LogP contribution in [0.2, 0.25) is 5.02 Å². The molecule has 2 aliphatic heterocycles. The highest BCUT2D eigenvalue weighted by Gasteiger charge is 2.60. The van der Waals surface area contributed by atoms with Crippen molar-refractivity contribution in [3.05, 3.63) is 100 Å². The van der Waals surface area contributed by atoms with E-state index in [1.807, 2.05) is 12.1 Å². The highest BCUT2D eigenvalue weighted by atomic mass is 35.5. The molecule has 1 aliphatic carbocycles. The number of nitrogens with one attached hydrogen (secondary N) is 1. The number of ketones is 1. The van der Waals surface area contributed by atoms with Gasteiger partial charge in [-0.25, -0.2) is 4.39 Å². The first-order chi connectivity index (χ1) is 17.0. The van der Waals surface area contributed by atoms with Gasteiger partial charge in [-0.2, -0.15) is 5.26 Å². The van der Waals surface area contributed by atoms with Gasteiger partial charge in [-0.15, -0.1) is 0 Å². The Bertz CT molecular complexity index is 1530. The molecule has 1 amide bonds. The Morgan fingerprint density at radius 3 is 2.57 bits per heavy atom. The third-order valence-electron chi connectivity index (χ3n) is 6.88. The van der Waals surface area contributed by atoms with Crippen molar-refractivity contribution in [2.75, 3.05) is 10.2 Å². The summed E-state index contributed by atoms with van der Waals surface area (Å²) in [6, 6.07) is 17.3. The average molecular weight is 485 g/mol. The van der Waals surface area contributed by atoms with Crippen molar-refractivity contribution in [3.8, 4) is 6.07 Å². The number of benzene rings is 2. The van der Waals surface area contributed by atoms with Gasteiger partial charge in [-0.1, -0.05) is 29.8 Å². The third kappa shape index (κ3) is 2.81. The largest absolute Gasteiger partial charge is 0.324 e. The van der Waals surface area contributed by atoms with Gasteiger partial charge in [0.1, 0.15) is 23.1 Å². The predicted octanol–water partition coefficient (Wildman–Crippen LogP) is 5.39. The zero-order valence-electron chi connectivity index (χ0n) is 18.4. The Kier molecular flexibility index (Phi) is 4.70. The van der Waals surface area contributed by atoms with Gasteiger partial charge >= 0.3 is 0 Å². The molecule has 6 nitrogen and oxygen atoms in total. The molecule has 0 saturated heterocycles. The van der Waals surface area contributed by atoms with Crippen LogP contribution in [0.5, 0.6) is 0 Å². The summed E-state index contributed by atoms with van der Waals surface area (Å²) in [5.41, 5.74) is 1.07. The molecule has 0 bridgehead atoms. The van der Waals surface area contributed by atoms with E-state index in [0.29, 0.717) is 46.9 Å². The number of rotatable bonds is 2. The molecule has 0 saturated carbocycles. The van der Waals surface area contributed by atoms with E-state index in [-0.39, 0.29) is 22.8 Å². The maximum atomic E-state index is 14.1. The van der Waals surface area contributed by atoms with Crippen LogP contribution in [0.4, 0.5) is 15.8 Å². The van der Waals surface area contributed by atoms with Gasteiger partial charge in [0.25, 0.3) is 0 Å². The topological polar surface area (TPSA) is 78.1 Å². The maximum Gasteiger partial charge on any atom is 0.245 e. The Morgan fingerprint density at radius 2 is 1.83 bits per heavy atom. The lowest BCUT2D eigenvalue weighted by Crippen LogP contribution is -2.49. The first-order valence-electron chi connectivity index (χ1n) is 11.2. The molecule has 0 fully saturated rings. The maximum absolute atomic E-state index is 14.1. The number of para-hydroxylation sites is 1. The van der Waals surface area contributed by atoms with E-state index >= 15 is 0 Å². The summed E-state index contributed by atoms with van der Waals surface area (Å²) in [7, 11) is 0. The van der Waals surface area contributed by atoms with E-state index in [0.717, 1.165) is 0 Å². The number of carbonyl (C=O) groups is 2. The first-order valence-corrected chi connectivity index (χ1v) is 11.6. The Labute approximate surface area is 205 Å². The molecule has 8 heteroatoms. The number of fused-ring (bicyclic) bond motifs is 3. The van der Waals surface area contributed by atoms with Gasteiger partial charge in [-0.05, 0) is 49.2 Å². The number of hydrogen-bond donors (Lipinski definition) is 1. The number of nitrogens with zero attached hydrogens (tertiary/aromatic N) is 3. The van der Waals surface area contributed by atoms with Crippen molar-refractivity contribution < 1.29 is 14.0 Å². The van der Waals surface area contributed by atoms with Crippen molar-refractivity contribution in [2.24, 2.45) is 0 Å². The zero-order chi connectivity index (χ0) is 24.3. The van der Waals surface area contributed by atoms with Crippen LogP contribution in [0.1, 0.15) is 24.8 Å². The monoisotopic (exact) mass is 484 g/mol. The molecule has 6 rings (SSSR count). The van der Waals surface area contributed by atoms with Crippen LogP contribution >= 0.6 is 11.6 Å². The number of allylic oxidation sites excluding steroid dienone is 1. The molecule has 1 N–H and O–H groups in total. The second-order valence-electron chi connectivity index (χ2n) is 8.68. The summed E-state index contributed by atoms with van der Waals surface area (Å²) in [4.78, 5) is 29.2. The third-order valence-corrected chi connectivity index (χ3v) is 7.17. The second-order valence-corrected chi connectivity index (χ2v) is 9.09. The summed E-state index contributed by atoms with van der Waals surface area (Å²) < 4.78 is 15.8. The quantitative estimate of drug-likeness (QED) is 0.529. The van der Waals surface area contributed by atoms with Crippen LogP contribution in [-0.2, 0) is 15.0 Å². The zero-order valence-corrected chi connectivity index (χ0v) is 19.1. The van der Waals surface area contributed by atoms with Crippen LogP contribution in [-0.4, -0.2) is 16.3 Å². The van der Waals surface area contributed by atoms with Crippen molar-refractivity contribution in [1.29, 1.82) is 5.26 Å². The number of Topliss-reactive ketones (excluding diaryl/α,β-unsaturated/α-hetero) is 1. The van der Waals surface area contributed by atoms with E-state index in [1.54, 1.807) is 52.2 Å². The molecule has 3 aromatic rings. The molecule has 3 heterocycles. The molecular weight excluding hydrogens is 467 g/mol. The smallest absolute Gasteiger partial charge is 0.245 e. The Hall–Kier alpha value is -4.15. The molecule has 2 aromatic carbocycles. The van der Waals surface area contributed by atoms with Gasteiger partial charge in [-0.3, -0.25) is 14.5 Å². The number of halogens is 2. The number of hydrogen-bond acceptors (Lipinski definition) is 4. The fourth-order valence-corrected chi connectivity index (χ4v) is 5.69. The summed E-state index contributed by atoms with van der Waals surface area (Å²) in [5, 5.41) is 13.4. The molecule has 172 valence electrons. The van der Waals surface area contributed by atoms with Crippen LogP contribution in [0.25, 0.3) is 5.82 Å². The van der Waals surface area contributed by atoms with Gasteiger partial charge in [0.05, 0.1) is 10.6 Å². The van der Waals surface area contributed by atoms with Gasteiger partial charge in [0, 0.05) is 47.0 Å². The van der Waals surface area contributed by atoms with Crippen molar-refractivity contribution in [1.82, 2.24) is 4.57 Å². The number of amides is 1. The molecule has 1 aromatic heterocycles. The van der Waals surface area contributed by atoms with E-state index in [2.05, 4.69) is 11.4 Å². The van der Waals surface area contributed by atoms with Crippen molar-refractivity contribution in [3.63, 3.8) is 0 Å². The van der Waals surface area contributed by atoms with Gasteiger partial charge in [0.15, 0.2) is 5.78 Å². The summed E-state index contributed by atoms with van der Waals surface area (Å²) in [5.74, 6) is -0.788. The number of nitriles is 1.